The maximum Gasteiger partial charge on any atom is 0.232 e. The average molecular weight is 444 g/mol. The van der Waals surface area contributed by atoms with E-state index in [4.69, 9.17) is 10.5 Å². The van der Waals surface area contributed by atoms with Crippen molar-refractivity contribution in [1.82, 2.24) is 15.0 Å². The molecule has 0 saturated carbocycles. The molecule has 0 unspecified atom stereocenters. The van der Waals surface area contributed by atoms with E-state index in [-0.39, 0.29) is 12.5 Å². The summed E-state index contributed by atoms with van der Waals surface area (Å²) in [6, 6.07) is 17.5. The SMILES string of the molecule is N#Cc1c(CC(N)=O)cccc1Nc1ncnc(N2CCC(OCc3ccccc3)CC2)n1. The van der Waals surface area contributed by atoms with Gasteiger partial charge in [0.25, 0.3) is 0 Å². The molecule has 33 heavy (non-hydrogen) atoms. The molecule has 3 N–H and O–H groups in total. The zero-order chi connectivity index (χ0) is 23.0. The van der Waals surface area contributed by atoms with Gasteiger partial charge in [0.05, 0.1) is 30.4 Å². The number of nitrogens with two attached hydrogens (primary N) is 1. The highest BCUT2D eigenvalue weighted by atomic mass is 16.5. The Morgan fingerprint density at radius 1 is 1.15 bits per heavy atom. The Morgan fingerprint density at radius 2 is 1.94 bits per heavy atom. The number of nitrogens with zero attached hydrogens (tertiary/aromatic N) is 5. The van der Waals surface area contributed by atoms with Crippen LogP contribution < -0.4 is 16.0 Å². The normalized spacial score (nSPS) is 14.0. The molecular weight excluding hydrogens is 418 g/mol. The van der Waals surface area contributed by atoms with Crippen LogP contribution in [0.25, 0.3) is 0 Å². The number of amides is 1. The number of nitriles is 1. The highest BCUT2D eigenvalue weighted by Crippen LogP contribution is 2.24. The van der Waals surface area contributed by atoms with Crippen molar-refractivity contribution in [3.8, 4) is 6.07 Å². The lowest BCUT2D eigenvalue weighted by Gasteiger charge is -2.31. The number of hydrogen-bond donors (Lipinski definition) is 2. The average Bonchev–Trinajstić information content (AvgIpc) is 2.84. The van der Waals surface area contributed by atoms with E-state index in [9.17, 15) is 10.1 Å². The predicted octanol–water partition coefficient (Wildman–Crippen LogP) is 2.70. The van der Waals surface area contributed by atoms with Gasteiger partial charge >= 0.3 is 0 Å². The number of anilines is 3. The maximum atomic E-state index is 11.3. The fourth-order valence-electron chi connectivity index (χ4n) is 3.80. The molecule has 0 radical (unpaired) electrons. The Hall–Kier alpha value is -4.03. The number of primary amides is 1. The monoisotopic (exact) mass is 443 g/mol. The number of benzene rings is 2. The summed E-state index contributed by atoms with van der Waals surface area (Å²) in [6.07, 6.45) is 3.40. The molecule has 1 amide bonds. The molecule has 168 valence electrons. The Balaban J connectivity index is 1.38. The number of nitrogens with one attached hydrogen (secondary N) is 1. The van der Waals surface area contributed by atoms with Crippen molar-refractivity contribution in [1.29, 1.82) is 5.26 Å². The lowest BCUT2D eigenvalue weighted by molar-refractivity contribution is -0.117. The van der Waals surface area contributed by atoms with E-state index in [0.29, 0.717) is 35.3 Å². The van der Waals surface area contributed by atoms with E-state index >= 15 is 0 Å². The molecule has 1 aliphatic heterocycles. The van der Waals surface area contributed by atoms with Crippen LogP contribution in [0.15, 0.2) is 54.9 Å². The highest BCUT2D eigenvalue weighted by molar-refractivity contribution is 5.79. The number of rotatable bonds is 8. The molecule has 0 aliphatic carbocycles. The van der Waals surface area contributed by atoms with Gasteiger partial charge < -0.3 is 20.7 Å². The summed E-state index contributed by atoms with van der Waals surface area (Å²) in [5, 5.41) is 12.7. The Morgan fingerprint density at radius 3 is 2.67 bits per heavy atom. The van der Waals surface area contributed by atoms with Gasteiger partial charge in [-0.15, -0.1) is 0 Å². The first-order chi connectivity index (χ1) is 16.1. The quantitative estimate of drug-likeness (QED) is 0.543. The van der Waals surface area contributed by atoms with E-state index in [1.54, 1.807) is 18.2 Å². The van der Waals surface area contributed by atoms with E-state index < -0.39 is 5.91 Å². The topological polar surface area (TPSA) is 130 Å². The fourth-order valence-corrected chi connectivity index (χ4v) is 3.80. The van der Waals surface area contributed by atoms with Gasteiger partial charge in [-0.3, -0.25) is 4.79 Å². The Labute approximate surface area is 192 Å². The summed E-state index contributed by atoms with van der Waals surface area (Å²) in [6.45, 7) is 2.17. The molecule has 2 heterocycles. The van der Waals surface area contributed by atoms with Crippen molar-refractivity contribution in [3.05, 3.63) is 71.5 Å². The van der Waals surface area contributed by atoms with Gasteiger partial charge in [0.15, 0.2) is 0 Å². The van der Waals surface area contributed by atoms with Gasteiger partial charge in [0.1, 0.15) is 12.4 Å². The number of ether oxygens (including phenoxy) is 1. The van der Waals surface area contributed by atoms with E-state index in [2.05, 4.69) is 43.4 Å². The van der Waals surface area contributed by atoms with Crippen molar-refractivity contribution >= 4 is 23.5 Å². The summed E-state index contributed by atoms with van der Waals surface area (Å²) in [7, 11) is 0. The van der Waals surface area contributed by atoms with Crippen LogP contribution in [0.1, 0.15) is 29.5 Å². The molecule has 9 nitrogen and oxygen atoms in total. The van der Waals surface area contributed by atoms with Crippen LogP contribution >= 0.6 is 0 Å². The standard InChI is InChI=1S/C24H25N7O2/c25-14-20-18(13-22(26)32)7-4-8-21(20)29-23-27-16-28-24(30-23)31-11-9-19(10-12-31)33-15-17-5-2-1-3-6-17/h1-8,16,19H,9-13,15H2,(H2,26,32)(H,27,28,29,30). The van der Waals surface area contributed by atoms with E-state index in [1.807, 2.05) is 18.2 Å². The van der Waals surface area contributed by atoms with Gasteiger partial charge in [-0.05, 0) is 30.0 Å². The second kappa shape index (κ2) is 10.5. The van der Waals surface area contributed by atoms with Gasteiger partial charge in [0.2, 0.25) is 17.8 Å². The predicted molar refractivity (Wildman–Crippen MR) is 124 cm³/mol. The zero-order valence-electron chi connectivity index (χ0n) is 18.1. The minimum atomic E-state index is -0.498. The number of carbonyl (C=O) groups is 1. The van der Waals surface area contributed by atoms with Crippen LogP contribution in [0.2, 0.25) is 0 Å². The lowest BCUT2D eigenvalue weighted by Crippen LogP contribution is -2.38. The van der Waals surface area contributed by atoms with Crippen molar-refractivity contribution in [3.63, 3.8) is 0 Å². The largest absolute Gasteiger partial charge is 0.373 e. The summed E-state index contributed by atoms with van der Waals surface area (Å²) < 4.78 is 6.06. The summed E-state index contributed by atoms with van der Waals surface area (Å²) in [5.41, 5.74) is 7.88. The van der Waals surface area contributed by atoms with Crippen LogP contribution in [0, 0.1) is 11.3 Å². The molecule has 1 aliphatic rings. The second-order valence-electron chi connectivity index (χ2n) is 7.81. The minimum absolute atomic E-state index is 0.0118. The molecule has 0 atom stereocenters. The lowest BCUT2D eigenvalue weighted by atomic mass is 10.0. The number of aromatic nitrogens is 3. The summed E-state index contributed by atoms with van der Waals surface area (Å²) in [5.74, 6) is 0.401. The van der Waals surface area contributed by atoms with Crippen LogP contribution in [-0.4, -0.2) is 40.1 Å². The van der Waals surface area contributed by atoms with Crippen molar-refractivity contribution < 1.29 is 9.53 Å². The molecule has 4 rings (SSSR count). The van der Waals surface area contributed by atoms with Gasteiger partial charge in [-0.1, -0.05) is 42.5 Å². The second-order valence-corrected chi connectivity index (χ2v) is 7.81. The molecule has 1 fully saturated rings. The minimum Gasteiger partial charge on any atom is -0.373 e. The van der Waals surface area contributed by atoms with E-state index in [0.717, 1.165) is 25.9 Å². The van der Waals surface area contributed by atoms with Crippen LogP contribution in [-0.2, 0) is 22.6 Å². The first kappa shape index (κ1) is 22.2. The molecule has 3 aromatic rings. The van der Waals surface area contributed by atoms with Crippen LogP contribution in [0.4, 0.5) is 17.6 Å². The Bertz CT molecular complexity index is 1140. The highest BCUT2D eigenvalue weighted by Gasteiger charge is 2.22. The van der Waals surface area contributed by atoms with E-state index in [1.165, 1.54) is 11.9 Å². The van der Waals surface area contributed by atoms with Crippen molar-refractivity contribution in [2.75, 3.05) is 23.3 Å². The number of piperidine rings is 1. The molecule has 1 aromatic heterocycles. The maximum absolute atomic E-state index is 11.3. The van der Waals surface area contributed by atoms with Crippen molar-refractivity contribution in [2.45, 2.75) is 32.0 Å². The summed E-state index contributed by atoms with van der Waals surface area (Å²) in [4.78, 5) is 26.4. The van der Waals surface area contributed by atoms with Gasteiger partial charge in [-0.2, -0.15) is 10.2 Å². The molecule has 0 spiro atoms. The third kappa shape index (κ3) is 5.81. The molecule has 9 heteroatoms. The van der Waals surface area contributed by atoms with Gasteiger partial charge in [-0.25, -0.2) is 9.97 Å². The fraction of sp³-hybridized carbons (Fsp3) is 0.292. The zero-order valence-corrected chi connectivity index (χ0v) is 18.1. The third-order valence-corrected chi connectivity index (χ3v) is 5.49. The molecular formula is C24H25N7O2. The summed E-state index contributed by atoms with van der Waals surface area (Å²) >= 11 is 0. The first-order valence-electron chi connectivity index (χ1n) is 10.8. The van der Waals surface area contributed by atoms with Crippen LogP contribution in [0.3, 0.4) is 0 Å². The number of hydrogen-bond acceptors (Lipinski definition) is 8. The molecule has 1 saturated heterocycles. The smallest absolute Gasteiger partial charge is 0.232 e. The van der Waals surface area contributed by atoms with Crippen molar-refractivity contribution in [2.24, 2.45) is 5.73 Å². The number of carbonyl (C=O) groups excluding carboxylic acids is 1. The first-order valence-corrected chi connectivity index (χ1v) is 10.8. The van der Waals surface area contributed by atoms with Crippen LogP contribution in [0.5, 0.6) is 0 Å². The molecule has 2 aromatic carbocycles. The molecule has 0 bridgehead atoms. The Kier molecular flexibility index (Phi) is 7.07. The van der Waals surface area contributed by atoms with Gasteiger partial charge in [0, 0.05) is 13.1 Å². The third-order valence-electron chi connectivity index (χ3n) is 5.49.